The van der Waals surface area contributed by atoms with Crippen LogP contribution in [0.2, 0.25) is 5.02 Å². The Morgan fingerprint density at radius 2 is 1.67 bits per heavy atom. The van der Waals surface area contributed by atoms with Crippen molar-refractivity contribution in [3.8, 4) is 0 Å². The van der Waals surface area contributed by atoms with Gasteiger partial charge in [0.15, 0.2) is 0 Å². The van der Waals surface area contributed by atoms with Gasteiger partial charge < -0.3 is 4.90 Å². The second kappa shape index (κ2) is 8.90. The van der Waals surface area contributed by atoms with E-state index in [2.05, 4.69) is 4.72 Å². The lowest BCUT2D eigenvalue weighted by molar-refractivity contribution is 0.0785. The highest BCUT2D eigenvalue weighted by Gasteiger charge is 2.18. The predicted molar refractivity (Wildman–Crippen MR) is 120 cm³/mol. The molecule has 7 heteroatoms. The summed E-state index contributed by atoms with van der Waals surface area (Å²) in [5, 5.41) is 0.605. The fraction of sp³-hybridized carbons (Fsp3) is 0.174. The van der Waals surface area contributed by atoms with E-state index in [1.165, 1.54) is 0 Å². The summed E-state index contributed by atoms with van der Waals surface area (Å²) in [5.74, 6) is -0.182. The lowest BCUT2D eigenvalue weighted by atomic mass is 10.1. The Labute approximate surface area is 182 Å². The highest BCUT2D eigenvalue weighted by Crippen LogP contribution is 2.22. The number of amides is 1. The van der Waals surface area contributed by atoms with E-state index in [0.29, 0.717) is 28.4 Å². The van der Waals surface area contributed by atoms with Gasteiger partial charge in [0.25, 0.3) is 15.9 Å². The number of nitrogens with zero attached hydrogens (tertiary/aromatic N) is 1. The van der Waals surface area contributed by atoms with Gasteiger partial charge in [-0.05, 0) is 66.9 Å². The molecule has 0 aliphatic heterocycles. The third-order valence-electron chi connectivity index (χ3n) is 4.73. The van der Waals surface area contributed by atoms with Crippen molar-refractivity contribution in [1.82, 2.24) is 4.90 Å². The van der Waals surface area contributed by atoms with Crippen LogP contribution < -0.4 is 4.72 Å². The van der Waals surface area contributed by atoms with E-state index in [4.69, 9.17) is 11.6 Å². The maximum atomic E-state index is 12.7. The van der Waals surface area contributed by atoms with Crippen LogP contribution in [0.15, 0.2) is 71.6 Å². The average Bonchev–Trinajstić information content (AvgIpc) is 2.71. The van der Waals surface area contributed by atoms with Gasteiger partial charge in [0.05, 0.1) is 4.90 Å². The van der Waals surface area contributed by atoms with Gasteiger partial charge in [0.1, 0.15) is 0 Å². The smallest absolute Gasteiger partial charge is 0.262 e. The molecule has 1 N–H and O–H groups in total. The van der Waals surface area contributed by atoms with E-state index < -0.39 is 10.0 Å². The van der Waals surface area contributed by atoms with Gasteiger partial charge in [0, 0.05) is 29.9 Å². The SMILES string of the molecule is Cc1ccc(C)c(S(=O)(=O)Nc2ccc(C(=O)N(C)Cc3ccccc3Cl)cc2)c1. The van der Waals surface area contributed by atoms with Crippen LogP contribution >= 0.6 is 11.6 Å². The van der Waals surface area contributed by atoms with Crippen molar-refractivity contribution in [3.63, 3.8) is 0 Å². The first-order chi connectivity index (χ1) is 14.2. The third kappa shape index (κ3) is 5.01. The molecule has 0 heterocycles. The molecule has 0 saturated carbocycles. The van der Waals surface area contributed by atoms with Crippen molar-refractivity contribution in [1.29, 1.82) is 0 Å². The number of carbonyl (C=O) groups is 1. The Balaban J connectivity index is 1.73. The minimum atomic E-state index is -3.72. The minimum Gasteiger partial charge on any atom is -0.337 e. The van der Waals surface area contributed by atoms with E-state index >= 15 is 0 Å². The average molecular weight is 443 g/mol. The Kier molecular flexibility index (Phi) is 6.48. The summed E-state index contributed by atoms with van der Waals surface area (Å²) in [6.07, 6.45) is 0. The number of benzene rings is 3. The zero-order valence-electron chi connectivity index (χ0n) is 17.0. The predicted octanol–water partition coefficient (Wildman–Crippen LogP) is 5.03. The van der Waals surface area contributed by atoms with Crippen LogP contribution in [0.25, 0.3) is 0 Å². The maximum Gasteiger partial charge on any atom is 0.262 e. The van der Waals surface area contributed by atoms with Crippen LogP contribution in [-0.4, -0.2) is 26.3 Å². The van der Waals surface area contributed by atoms with Crippen LogP contribution in [0.1, 0.15) is 27.0 Å². The Hall–Kier alpha value is -2.83. The van der Waals surface area contributed by atoms with Crippen molar-refractivity contribution in [2.24, 2.45) is 0 Å². The van der Waals surface area contributed by atoms with Crippen LogP contribution in [0.5, 0.6) is 0 Å². The fourth-order valence-electron chi connectivity index (χ4n) is 3.06. The molecule has 3 aromatic carbocycles. The van der Waals surface area contributed by atoms with Gasteiger partial charge >= 0.3 is 0 Å². The van der Waals surface area contributed by atoms with E-state index in [0.717, 1.165) is 11.1 Å². The molecule has 0 spiro atoms. The molecule has 0 saturated heterocycles. The topological polar surface area (TPSA) is 66.5 Å². The molecular formula is C23H23ClN2O3S. The quantitative estimate of drug-likeness (QED) is 0.582. The molecule has 3 aromatic rings. The molecule has 0 aliphatic rings. The van der Waals surface area contributed by atoms with E-state index in [-0.39, 0.29) is 10.8 Å². The number of anilines is 1. The lowest BCUT2D eigenvalue weighted by Crippen LogP contribution is -2.26. The molecule has 0 unspecified atom stereocenters. The number of aryl methyl sites for hydroxylation is 2. The van der Waals surface area contributed by atoms with Crippen molar-refractivity contribution in [2.75, 3.05) is 11.8 Å². The van der Waals surface area contributed by atoms with Gasteiger partial charge in [-0.25, -0.2) is 8.42 Å². The highest BCUT2D eigenvalue weighted by atomic mass is 35.5. The molecule has 30 heavy (non-hydrogen) atoms. The number of hydrogen-bond acceptors (Lipinski definition) is 3. The Morgan fingerprint density at radius 1 is 1.00 bits per heavy atom. The first-order valence-electron chi connectivity index (χ1n) is 9.36. The molecular weight excluding hydrogens is 420 g/mol. The largest absolute Gasteiger partial charge is 0.337 e. The summed E-state index contributed by atoms with van der Waals surface area (Å²) in [4.78, 5) is 14.5. The monoisotopic (exact) mass is 442 g/mol. The van der Waals surface area contributed by atoms with E-state index in [9.17, 15) is 13.2 Å². The molecule has 0 atom stereocenters. The van der Waals surface area contributed by atoms with Crippen molar-refractivity contribution in [2.45, 2.75) is 25.3 Å². The first-order valence-corrected chi connectivity index (χ1v) is 11.2. The van der Waals surface area contributed by atoms with Crippen LogP contribution in [0.4, 0.5) is 5.69 Å². The summed E-state index contributed by atoms with van der Waals surface area (Å²) in [5.41, 5.74) is 3.23. The van der Waals surface area contributed by atoms with Crippen molar-refractivity contribution in [3.05, 3.63) is 94.0 Å². The van der Waals surface area contributed by atoms with Gasteiger partial charge in [-0.15, -0.1) is 0 Å². The lowest BCUT2D eigenvalue weighted by Gasteiger charge is -2.18. The number of hydrogen-bond donors (Lipinski definition) is 1. The number of sulfonamides is 1. The molecule has 0 bridgehead atoms. The summed E-state index contributed by atoms with van der Waals surface area (Å²) in [7, 11) is -2.02. The second-order valence-corrected chi connectivity index (χ2v) is 9.26. The molecule has 5 nitrogen and oxygen atoms in total. The van der Waals surface area contributed by atoms with E-state index in [1.807, 2.05) is 31.2 Å². The fourth-order valence-corrected chi connectivity index (χ4v) is 4.65. The summed E-state index contributed by atoms with van der Waals surface area (Å²) in [6, 6.07) is 19.0. The summed E-state index contributed by atoms with van der Waals surface area (Å²) < 4.78 is 28.1. The molecule has 0 fully saturated rings. The number of rotatable bonds is 6. The normalized spacial score (nSPS) is 11.2. The first kappa shape index (κ1) is 21.9. The molecule has 0 aliphatic carbocycles. The minimum absolute atomic E-state index is 0.182. The second-order valence-electron chi connectivity index (χ2n) is 7.20. The van der Waals surface area contributed by atoms with Crippen LogP contribution in [0, 0.1) is 13.8 Å². The Bertz CT molecular complexity index is 1180. The van der Waals surface area contributed by atoms with Crippen LogP contribution in [0.3, 0.4) is 0 Å². The van der Waals surface area contributed by atoms with Gasteiger partial charge in [0.2, 0.25) is 0 Å². The number of nitrogens with one attached hydrogen (secondary N) is 1. The molecule has 156 valence electrons. The van der Waals surface area contributed by atoms with Gasteiger partial charge in [-0.1, -0.05) is 41.9 Å². The van der Waals surface area contributed by atoms with Gasteiger partial charge in [-0.3, -0.25) is 9.52 Å². The molecule has 1 amide bonds. The molecule has 0 radical (unpaired) electrons. The van der Waals surface area contributed by atoms with Crippen molar-refractivity contribution < 1.29 is 13.2 Å². The Morgan fingerprint density at radius 3 is 2.33 bits per heavy atom. The molecule has 0 aromatic heterocycles. The maximum absolute atomic E-state index is 12.7. The van der Waals surface area contributed by atoms with E-state index in [1.54, 1.807) is 61.3 Å². The zero-order valence-corrected chi connectivity index (χ0v) is 18.6. The number of carbonyl (C=O) groups excluding carboxylic acids is 1. The standard InChI is InChI=1S/C23H23ClN2O3S/c1-16-8-9-17(2)22(14-16)30(28,29)25-20-12-10-18(11-13-20)23(27)26(3)15-19-6-4-5-7-21(19)24/h4-14,25H,15H2,1-3H3. The van der Waals surface area contributed by atoms with Gasteiger partial charge in [-0.2, -0.15) is 0 Å². The summed E-state index contributed by atoms with van der Waals surface area (Å²) >= 11 is 6.17. The zero-order chi connectivity index (χ0) is 21.9. The van der Waals surface area contributed by atoms with Crippen molar-refractivity contribution >= 4 is 33.2 Å². The highest BCUT2D eigenvalue weighted by molar-refractivity contribution is 7.92. The van der Waals surface area contributed by atoms with Crippen LogP contribution in [-0.2, 0) is 16.6 Å². The number of halogens is 1. The molecule has 3 rings (SSSR count). The summed E-state index contributed by atoms with van der Waals surface area (Å²) in [6.45, 7) is 3.97. The third-order valence-corrected chi connectivity index (χ3v) is 6.62.